The van der Waals surface area contributed by atoms with E-state index in [0.29, 0.717) is 23.4 Å². The zero-order valence-electron chi connectivity index (χ0n) is 18.8. The molecule has 0 aliphatic heterocycles. The molecule has 3 aromatic rings. The molecule has 0 saturated heterocycles. The number of aliphatic hydroxyl groups excluding tert-OH is 1. The smallest absolute Gasteiger partial charge is 0.197 e. The van der Waals surface area contributed by atoms with Crippen molar-refractivity contribution in [1.82, 2.24) is 4.90 Å². The van der Waals surface area contributed by atoms with Crippen LogP contribution in [-0.4, -0.2) is 48.1 Å². The van der Waals surface area contributed by atoms with Gasteiger partial charge in [-0.3, -0.25) is 4.79 Å². The molecule has 5 heteroatoms. The standard InChI is InChI=1S/C26H33NO4/c1-4-7-11-24-25(22-10-8-9-12-23(22)31-24)26(29)19-13-15-21(16-14-19)30-18-20(28)17-27(5-2)6-3/h8-10,12-16,20,28H,4-7,11,17-18H2,1-3H3. The molecule has 3 rings (SSSR count). The topological polar surface area (TPSA) is 62.9 Å². The van der Waals surface area contributed by atoms with Crippen LogP contribution in [0, 0.1) is 0 Å². The molecule has 0 fully saturated rings. The van der Waals surface area contributed by atoms with Crippen molar-refractivity contribution >= 4 is 16.8 Å². The molecule has 0 aliphatic carbocycles. The number of aliphatic hydroxyl groups is 1. The van der Waals surface area contributed by atoms with E-state index in [2.05, 4.69) is 25.7 Å². The molecule has 0 amide bonds. The van der Waals surface area contributed by atoms with Crippen LogP contribution < -0.4 is 4.74 Å². The Morgan fingerprint density at radius 2 is 1.77 bits per heavy atom. The lowest BCUT2D eigenvalue weighted by atomic mass is 9.98. The van der Waals surface area contributed by atoms with E-state index in [1.807, 2.05) is 24.3 Å². The second-order valence-electron chi connectivity index (χ2n) is 7.80. The average Bonchev–Trinajstić information content (AvgIpc) is 3.18. The molecule has 0 bridgehead atoms. The number of rotatable bonds is 12. The molecule has 0 radical (unpaired) electrons. The van der Waals surface area contributed by atoms with Crippen molar-refractivity contribution in [3.63, 3.8) is 0 Å². The average molecular weight is 424 g/mol. The SMILES string of the molecule is CCCCc1oc2ccccc2c1C(=O)c1ccc(OCC(O)CN(CC)CC)cc1. The third-order valence-electron chi connectivity index (χ3n) is 5.58. The Hall–Kier alpha value is -2.63. The van der Waals surface area contributed by atoms with Crippen molar-refractivity contribution in [2.24, 2.45) is 0 Å². The number of likely N-dealkylation sites (N-methyl/N-ethyl adjacent to an activating group) is 1. The first-order valence-corrected chi connectivity index (χ1v) is 11.3. The Bertz CT molecular complexity index is 973. The molecule has 166 valence electrons. The number of ketones is 1. The number of carbonyl (C=O) groups excluding carboxylic acids is 1. The highest BCUT2D eigenvalue weighted by molar-refractivity contribution is 6.16. The Morgan fingerprint density at radius 1 is 1.06 bits per heavy atom. The van der Waals surface area contributed by atoms with Gasteiger partial charge in [0.2, 0.25) is 0 Å². The first-order chi connectivity index (χ1) is 15.1. The van der Waals surface area contributed by atoms with E-state index in [-0.39, 0.29) is 12.4 Å². The maximum atomic E-state index is 13.3. The summed E-state index contributed by atoms with van der Waals surface area (Å²) in [6.45, 7) is 8.87. The molecule has 1 heterocycles. The monoisotopic (exact) mass is 423 g/mol. The van der Waals surface area contributed by atoms with Crippen molar-refractivity contribution in [2.75, 3.05) is 26.2 Å². The highest BCUT2D eigenvalue weighted by Gasteiger charge is 2.21. The van der Waals surface area contributed by atoms with Crippen LogP contribution in [0.1, 0.15) is 55.3 Å². The molecule has 31 heavy (non-hydrogen) atoms. The zero-order valence-corrected chi connectivity index (χ0v) is 18.8. The fraction of sp³-hybridized carbons (Fsp3) is 0.423. The van der Waals surface area contributed by atoms with Crippen molar-refractivity contribution in [3.8, 4) is 5.75 Å². The minimum Gasteiger partial charge on any atom is -0.491 e. The summed E-state index contributed by atoms with van der Waals surface area (Å²) < 4.78 is 11.7. The molecule has 2 aromatic carbocycles. The second kappa shape index (κ2) is 11.1. The summed E-state index contributed by atoms with van der Waals surface area (Å²) in [5.41, 5.74) is 2.01. The lowest BCUT2D eigenvalue weighted by molar-refractivity contribution is 0.0716. The molecule has 0 saturated carbocycles. The van der Waals surface area contributed by atoms with Gasteiger partial charge in [0.25, 0.3) is 0 Å². The molecule has 5 nitrogen and oxygen atoms in total. The van der Waals surface area contributed by atoms with Gasteiger partial charge in [-0.2, -0.15) is 0 Å². The zero-order chi connectivity index (χ0) is 22.2. The third-order valence-corrected chi connectivity index (χ3v) is 5.58. The Morgan fingerprint density at radius 3 is 2.45 bits per heavy atom. The minimum absolute atomic E-state index is 0.0378. The number of fused-ring (bicyclic) bond motifs is 1. The van der Waals surface area contributed by atoms with E-state index in [9.17, 15) is 9.90 Å². The van der Waals surface area contributed by atoms with Crippen LogP contribution >= 0.6 is 0 Å². The largest absolute Gasteiger partial charge is 0.491 e. The van der Waals surface area contributed by atoms with Crippen molar-refractivity contribution in [1.29, 1.82) is 0 Å². The minimum atomic E-state index is -0.556. The molecule has 0 spiro atoms. The van der Waals surface area contributed by atoms with E-state index in [4.69, 9.17) is 9.15 Å². The molecule has 1 unspecified atom stereocenters. The summed E-state index contributed by atoms with van der Waals surface area (Å²) in [5, 5.41) is 11.0. The predicted molar refractivity (Wildman–Crippen MR) is 124 cm³/mol. The number of hydrogen-bond acceptors (Lipinski definition) is 5. The van der Waals surface area contributed by atoms with Gasteiger partial charge in [0.15, 0.2) is 5.78 Å². The lowest BCUT2D eigenvalue weighted by Crippen LogP contribution is -2.35. The molecule has 0 aliphatic rings. The lowest BCUT2D eigenvalue weighted by Gasteiger charge is -2.21. The molecular weight excluding hydrogens is 390 g/mol. The van der Waals surface area contributed by atoms with Gasteiger partial charge in [-0.05, 0) is 49.8 Å². The number of hydrogen-bond donors (Lipinski definition) is 1. The summed E-state index contributed by atoms with van der Waals surface area (Å²) in [7, 11) is 0. The quantitative estimate of drug-likeness (QED) is 0.411. The molecular formula is C26H33NO4. The van der Waals surface area contributed by atoms with Crippen LogP contribution in [0.4, 0.5) is 0 Å². The first kappa shape index (κ1) is 23.0. The van der Waals surface area contributed by atoms with E-state index in [1.54, 1.807) is 24.3 Å². The van der Waals surface area contributed by atoms with Gasteiger partial charge in [-0.25, -0.2) is 0 Å². The first-order valence-electron chi connectivity index (χ1n) is 11.3. The number of unbranched alkanes of at least 4 members (excludes halogenated alkanes) is 1. The molecule has 1 N–H and O–H groups in total. The van der Waals surface area contributed by atoms with Gasteiger partial charge in [-0.15, -0.1) is 0 Å². The Labute approximate surface area is 184 Å². The summed E-state index contributed by atoms with van der Waals surface area (Å²) in [4.78, 5) is 15.5. The van der Waals surface area contributed by atoms with Crippen LogP contribution in [0.5, 0.6) is 5.75 Å². The summed E-state index contributed by atoms with van der Waals surface area (Å²) >= 11 is 0. The number of aryl methyl sites for hydroxylation is 1. The van der Waals surface area contributed by atoms with Gasteiger partial charge >= 0.3 is 0 Å². The summed E-state index contributed by atoms with van der Waals surface area (Å²) in [6.07, 6.45) is 2.21. The maximum absolute atomic E-state index is 13.3. The van der Waals surface area contributed by atoms with E-state index < -0.39 is 6.10 Å². The van der Waals surface area contributed by atoms with Crippen LogP contribution in [-0.2, 0) is 6.42 Å². The summed E-state index contributed by atoms with van der Waals surface area (Å²) in [6, 6.07) is 14.8. The maximum Gasteiger partial charge on any atom is 0.197 e. The fourth-order valence-electron chi connectivity index (χ4n) is 3.73. The van der Waals surface area contributed by atoms with Crippen LogP contribution in [0.3, 0.4) is 0 Å². The van der Waals surface area contributed by atoms with E-state index in [1.165, 1.54) is 0 Å². The van der Waals surface area contributed by atoms with E-state index >= 15 is 0 Å². The van der Waals surface area contributed by atoms with Gasteiger partial charge in [0.05, 0.1) is 5.56 Å². The van der Waals surface area contributed by atoms with Crippen molar-refractivity contribution < 1.29 is 19.1 Å². The normalized spacial score (nSPS) is 12.4. The Balaban J connectivity index is 1.72. The van der Waals surface area contributed by atoms with Crippen LogP contribution in [0.2, 0.25) is 0 Å². The molecule has 1 aromatic heterocycles. The number of benzene rings is 2. The van der Waals surface area contributed by atoms with Gasteiger partial charge in [0.1, 0.15) is 29.8 Å². The van der Waals surface area contributed by atoms with Crippen molar-refractivity contribution in [3.05, 3.63) is 65.4 Å². The van der Waals surface area contributed by atoms with Crippen LogP contribution in [0.25, 0.3) is 11.0 Å². The number of furan rings is 1. The molecule has 1 atom stereocenters. The highest BCUT2D eigenvalue weighted by Crippen LogP contribution is 2.29. The number of ether oxygens (including phenoxy) is 1. The summed E-state index contributed by atoms with van der Waals surface area (Å²) in [5.74, 6) is 1.36. The highest BCUT2D eigenvalue weighted by atomic mass is 16.5. The number of nitrogens with zero attached hydrogens (tertiary/aromatic N) is 1. The van der Waals surface area contributed by atoms with Gasteiger partial charge < -0.3 is 19.2 Å². The fourth-order valence-corrected chi connectivity index (χ4v) is 3.73. The van der Waals surface area contributed by atoms with Crippen LogP contribution in [0.15, 0.2) is 52.9 Å². The second-order valence-corrected chi connectivity index (χ2v) is 7.80. The predicted octanol–water partition coefficient (Wildman–Crippen LogP) is 5.09. The van der Waals surface area contributed by atoms with Gasteiger partial charge in [0, 0.05) is 23.9 Å². The third kappa shape index (κ3) is 5.75. The number of carbonyl (C=O) groups is 1. The Kier molecular flexibility index (Phi) is 8.27. The van der Waals surface area contributed by atoms with E-state index in [0.717, 1.165) is 49.1 Å². The van der Waals surface area contributed by atoms with Crippen molar-refractivity contribution in [2.45, 2.75) is 46.1 Å². The van der Waals surface area contributed by atoms with Gasteiger partial charge in [-0.1, -0.05) is 45.4 Å². The number of para-hydroxylation sites is 1.